The highest BCUT2D eigenvalue weighted by atomic mass is 16.5. The molecule has 2 aliphatic rings. The van der Waals surface area contributed by atoms with Gasteiger partial charge < -0.3 is 19.3 Å². The number of methoxy groups -OCH3 is 2. The van der Waals surface area contributed by atoms with E-state index in [0.717, 1.165) is 62.4 Å². The SMILES string of the molecule is COc1ccc(CN2CCC3(CC2)CC(C)(O)CCO3)c(OC)c1C. The molecule has 0 aliphatic carbocycles. The van der Waals surface area contributed by atoms with Crippen LogP contribution in [-0.4, -0.2) is 55.1 Å². The van der Waals surface area contributed by atoms with Crippen LogP contribution in [0.2, 0.25) is 0 Å². The zero-order chi connectivity index (χ0) is 18.1. The lowest BCUT2D eigenvalue weighted by atomic mass is 9.78. The monoisotopic (exact) mass is 349 g/mol. The number of nitrogens with zero attached hydrogens (tertiary/aromatic N) is 1. The quantitative estimate of drug-likeness (QED) is 0.906. The van der Waals surface area contributed by atoms with Crippen LogP contribution in [0.3, 0.4) is 0 Å². The molecule has 1 unspecified atom stereocenters. The number of hydrogen-bond acceptors (Lipinski definition) is 5. The first kappa shape index (κ1) is 18.5. The predicted molar refractivity (Wildman–Crippen MR) is 97.3 cm³/mol. The third-order valence-electron chi connectivity index (χ3n) is 5.77. The minimum atomic E-state index is -0.587. The van der Waals surface area contributed by atoms with E-state index in [-0.39, 0.29) is 5.60 Å². The molecule has 0 radical (unpaired) electrons. The number of hydrogen-bond donors (Lipinski definition) is 1. The van der Waals surface area contributed by atoms with Gasteiger partial charge in [-0.1, -0.05) is 6.07 Å². The van der Waals surface area contributed by atoms with Crippen LogP contribution in [0.15, 0.2) is 12.1 Å². The molecular weight excluding hydrogens is 318 g/mol. The van der Waals surface area contributed by atoms with Crippen LogP contribution in [0.1, 0.15) is 43.7 Å². The number of likely N-dealkylation sites (tertiary alicyclic amines) is 1. The van der Waals surface area contributed by atoms with Crippen molar-refractivity contribution in [3.63, 3.8) is 0 Å². The van der Waals surface area contributed by atoms with Crippen LogP contribution in [0.4, 0.5) is 0 Å². The van der Waals surface area contributed by atoms with Crippen LogP contribution >= 0.6 is 0 Å². The van der Waals surface area contributed by atoms with E-state index in [0.29, 0.717) is 6.61 Å². The van der Waals surface area contributed by atoms with Gasteiger partial charge in [-0.3, -0.25) is 4.90 Å². The van der Waals surface area contributed by atoms with Crippen molar-refractivity contribution in [3.8, 4) is 11.5 Å². The summed E-state index contributed by atoms with van der Waals surface area (Å²) in [5.41, 5.74) is 1.51. The fraction of sp³-hybridized carbons (Fsp3) is 0.700. The average Bonchev–Trinajstić information content (AvgIpc) is 2.57. The Morgan fingerprint density at radius 2 is 1.88 bits per heavy atom. The molecule has 0 amide bonds. The standard InChI is InChI=1S/C20H31NO4/c1-15-17(23-3)6-5-16(18(15)24-4)13-21-10-7-20(8-11-21)14-19(2,22)9-12-25-20/h5-6,22H,7-14H2,1-4H3. The Kier molecular flexibility index (Phi) is 5.28. The van der Waals surface area contributed by atoms with Crippen LogP contribution in [0.5, 0.6) is 11.5 Å². The van der Waals surface area contributed by atoms with Gasteiger partial charge in [-0.05, 0) is 39.2 Å². The number of piperidine rings is 1. The Morgan fingerprint density at radius 1 is 1.16 bits per heavy atom. The predicted octanol–water partition coefficient (Wildman–Crippen LogP) is 2.91. The molecule has 2 fully saturated rings. The van der Waals surface area contributed by atoms with E-state index >= 15 is 0 Å². The van der Waals surface area contributed by atoms with Gasteiger partial charge in [-0.25, -0.2) is 0 Å². The Morgan fingerprint density at radius 3 is 2.48 bits per heavy atom. The van der Waals surface area contributed by atoms with Gasteiger partial charge >= 0.3 is 0 Å². The Labute approximate surface area is 150 Å². The molecule has 0 aromatic heterocycles. The lowest BCUT2D eigenvalue weighted by molar-refractivity contribution is -0.173. The van der Waals surface area contributed by atoms with E-state index in [1.807, 2.05) is 19.9 Å². The van der Waals surface area contributed by atoms with Crippen LogP contribution < -0.4 is 9.47 Å². The average molecular weight is 349 g/mol. The minimum Gasteiger partial charge on any atom is -0.496 e. The van der Waals surface area contributed by atoms with E-state index in [1.165, 1.54) is 5.56 Å². The van der Waals surface area contributed by atoms with Crippen LogP contribution in [0, 0.1) is 6.92 Å². The second-order valence-electron chi connectivity index (χ2n) is 7.82. The number of ether oxygens (including phenoxy) is 3. The molecular formula is C20H31NO4. The van der Waals surface area contributed by atoms with Crippen LogP contribution in [-0.2, 0) is 11.3 Å². The topological polar surface area (TPSA) is 51.2 Å². The maximum atomic E-state index is 10.4. The molecule has 1 aromatic rings. The van der Waals surface area contributed by atoms with E-state index in [9.17, 15) is 5.11 Å². The molecule has 2 heterocycles. The number of benzene rings is 1. The first-order valence-corrected chi connectivity index (χ1v) is 9.17. The summed E-state index contributed by atoms with van der Waals surface area (Å²) in [5, 5.41) is 10.4. The third-order valence-corrected chi connectivity index (χ3v) is 5.77. The Hall–Kier alpha value is -1.30. The number of aliphatic hydroxyl groups is 1. The van der Waals surface area contributed by atoms with Crippen molar-refractivity contribution >= 4 is 0 Å². The van der Waals surface area contributed by atoms with Gasteiger partial charge in [0.2, 0.25) is 0 Å². The van der Waals surface area contributed by atoms with E-state index in [2.05, 4.69) is 11.0 Å². The summed E-state index contributed by atoms with van der Waals surface area (Å²) in [5.74, 6) is 1.77. The van der Waals surface area contributed by atoms with E-state index in [4.69, 9.17) is 14.2 Å². The maximum Gasteiger partial charge on any atom is 0.129 e. The maximum absolute atomic E-state index is 10.4. The summed E-state index contributed by atoms with van der Waals surface area (Å²) in [7, 11) is 3.40. The van der Waals surface area contributed by atoms with Gasteiger partial charge in [0.05, 0.1) is 32.0 Å². The molecule has 140 valence electrons. The molecule has 1 atom stereocenters. The normalized spacial score (nSPS) is 26.6. The van der Waals surface area contributed by atoms with Crippen molar-refractivity contribution in [2.75, 3.05) is 33.9 Å². The fourth-order valence-electron chi connectivity index (χ4n) is 4.36. The summed E-state index contributed by atoms with van der Waals surface area (Å²) in [6, 6.07) is 4.11. The first-order valence-electron chi connectivity index (χ1n) is 9.17. The van der Waals surface area contributed by atoms with Gasteiger partial charge in [-0.15, -0.1) is 0 Å². The van der Waals surface area contributed by atoms with Crippen molar-refractivity contribution in [1.29, 1.82) is 0 Å². The highest BCUT2D eigenvalue weighted by molar-refractivity contribution is 5.49. The molecule has 0 bridgehead atoms. The van der Waals surface area contributed by atoms with Crippen molar-refractivity contribution in [2.24, 2.45) is 0 Å². The first-order chi connectivity index (χ1) is 11.9. The molecule has 25 heavy (non-hydrogen) atoms. The molecule has 5 heteroatoms. The number of rotatable bonds is 4. The van der Waals surface area contributed by atoms with Gasteiger partial charge in [0.15, 0.2) is 0 Å². The van der Waals surface area contributed by atoms with Gasteiger partial charge in [0.1, 0.15) is 11.5 Å². The van der Waals surface area contributed by atoms with Crippen molar-refractivity contribution < 1.29 is 19.3 Å². The zero-order valence-electron chi connectivity index (χ0n) is 15.9. The van der Waals surface area contributed by atoms with Crippen LogP contribution in [0.25, 0.3) is 0 Å². The van der Waals surface area contributed by atoms with E-state index in [1.54, 1.807) is 14.2 Å². The van der Waals surface area contributed by atoms with E-state index < -0.39 is 5.60 Å². The van der Waals surface area contributed by atoms with Crippen molar-refractivity contribution in [2.45, 2.75) is 57.3 Å². The molecule has 0 saturated carbocycles. The van der Waals surface area contributed by atoms with Gasteiger partial charge in [0.25, 0.3) is 0 Å². The molecule has 2 aliphatic heterocycles. The summed E-state index contributed by atoms with van der Waals surface area (Å²) in [4.78, 5) is 2.45. The lowest BCUT2D eigenvalue weighted by Gasteiger charge is -2.48. The molecule has 1 spiro atoms. The second kappa shape index (κ2) is 7.14. The minimum absolute atomic E-state index is 0.141. The van der Waals surface area contributed by atoms with Gasteiger partial charge in [0, 0.05) is 37.2 Å². The highest BCUT2D eigenvalue weighted by Gasteiger charge is 2.44. The van der Waals surface area contributed by atoms with Crippen molar-refractivity contribution in [1.82, 2.24) is 4.90 Å². The fourth-order valence-corrected chi connectivity index (χ4v) is 4.36. The molecule has 1 aromatic carbocycles. The summed E-state index contributed by atoms with van der Waals surface area (Å²) >= 11 is 0. The second-order valence-corrected chi connectivity index (χ2v) is 7.82. The third kappa shape index (κ3) is 3.94. The lowest BCUT2D eigenvalue weighted by Crippen LogP contribution is -2.53. The van der Waals surface area contributed by atoms with Crippen molar-refractivity contribution in [3.05, 3.63) is 23.3 Å². The smallest absolute Gasteiger partial charge is 0.129 e. The molecule has 2 saturated heterocycles. The molecule has 5 nitrogen and oxygen atoms in total. The summed E-state index contributed by atoms with van der Waals surface area (Å²) in [6.45, 7) is 7.45. The molecule has 3 rings (SSSR count). The van der Waals surface area contributed by atoms with Gasteiger partial charge in [-0.2, -0.15) is 0 Å². The summed E-state index contributed by atoms with van der Waals surface area (Å²) in [6.07, 6.45) is 3.43. The summed E-state index contributed by atoms with van der Waals surface area (Å²) < 4.78 is 17.1. The zero-order valence-corrected chi connectivity index (χ0v) is 15.9. The Bertz CT molecular complexity index is 606. The molecule has 1 N–H and O–H groups in total. The highest BCUT2D eigenvalue weighted by Crippen LogP contribution is 2.40. The largest absolute Gasteiger partial charge is 0.496 e. The Balaban J connectivity index is 1.66.